The van der Waals surface area contributed by atoms with Gasteiger partial charge in [0.05, 0.1) is 11.4 Å². The molecule has 0 unspecified atom stereocenters. The minimum absolute atomic E-state index is 0.334. The standard InChI is InChI=1S/C13H11N3O4S/c17-11-5-6-14-7-12(11)21(19,20)16-8-13(18)15-9-3-1-2-4-10(9)16/h1-7H,8H2,(H,14,17)(H,15,18). The second-order valence-electron chi connectivity index (χ2n) is 4.45. The Hall–Kier alpha value is -2.61. The highest BCUT2D eigenvalue weighted by atomic mass is 32.2. The van der Waals surface area contributed by atoms with Gasteiger partial charge in [-0.3, -0.25) is 13.9 Å². The third kappa shape index (κ3) is 2.19. The molecule has 1 aromatic carbocycles. The average Bonchev–Trinajstić information content (AvgIpc) is 2.46. The van der Waals surface area contributed by atoms with Crippen LogP contribution in [0, 0.1) is 0 Å². The van der Waals surface area contributed by atoms with Gasteiger partial charge in [-0.05, 0) is 12.1 Å². The molecule has 1 aliphatic heterocycles. The highest BCUT2D eigenvalue weighted by Gasteiger charge is 2.33. The van der Waals surface area contributed by atoms with Crippen LogP contribution in [0.2, 0.25) is 0 Å². The molecule has 0 saturated heterocycles. The van der Waals surface area contributed by atoms with E-state index in [1.807, 2.05) is 0 Å². The first kappa shape index (κ1) is 13.4. The molecule has 2 heterocycles. The zero-order valence-electron chi connectivity index (χ0n) is 10.7. The van der Waals surface area contributed by atoms with Crippen LogP contribution in [0.15, 0.2) is 52.4 Å². The monoisotopic (exact) mass is 305 g/mol. The lowest BCUT2D eigenvalue weighted by Gasteiger charge is -2.29. The molecule has 0 saturated carbocycles. The van der Waals surface area contributed by atoms with Crippen molar-refractivity contribution in [1.29, 1.82) is 0 Å². The number of para-hydroxylation sites is 2. The molecule has 1 amide bonds. The third-order valence-electron chi connectivity index (χ3n) is 3.09. The lowest BCUT2D eigenvalue weighted by atomic mass is 10.2. The summed E-state index contributed by atoms with van der Waals surface area (Å²) in [5.41, 5.74) is 0.0993. The predicted molar refractivity (Wildman–Crippen MR) is 76.7 cm³/mol. The number of hydrogen-bond donors (Lipinski definition) is 2. The maximum absolute atomic E-state index is 12.6. The zero-order valence-corrected chi connectivity index (χ0v) is 11.6. The topological polar surface area (TPSA) is 99.3 Å². The number of nitrogens with zero attached hydrogens (tertiary/aromatic N) is 1. The summed E-state index contributed by atoms with van der Waals surface area (Å²) >= 11 is 0. The van der Waals surface area contributed by atoms with Crippen molar-refractivity contribution in [3.63, 3.8) is 0 Å². The molecule has 0 atom stereocenters. The summed E-state index contributed by atoms with van der Waals surface area (Å²) in [6, 6.07) is 7.65. The number of H-pyrrole nitrogens is 1. The van der Waals surface area contributed by atoms with E-state index in [2.05, 4.69) is 10.3 Å². The molecule has 8 heteroatoms. The van der Waals surface area contributed by atoms with Gasteiger partial charge in [-0.2, -0.15) is 0 Å². The van der Waals surface area contributed by atoms with Crippen molar-refractivity contribution in [2.75, 3.05) is 16.2 Å². The number of pyridine rings is 1. The Labute approximate surface area is 120 Å². The smallest absolute Gasteiger partial charge is 0.270 e. The number of anilines is 2. The number of fused-ring (bicyclic) bond motifs is 1. The summed E-state index contributed by atoms with van der Waals surface area (Å²) in [6.45, 7) is -0.367. The van der Waals surface area contributed by atoms with Crippen molar-refractivity contribution < 1.29 is 13.2 Å². The van der Waals surface area contributed by atoms with Gasteiger partial charge in [0, 0.05) is 18.5 Å². The number of nitrogens with one attached hydrogen (secondary N) is 2. The maximum atomic E-state index is 12.6. The molecule has 0 aliphatic carbocycles. The van der Waals surface area contributed by atoms with Crippen molar-refractivity contribution in [1.82, 2.24) is 4.98 Å². The number of aromatic nitrogens is 1. The minimum Gasteiger partial charge on any atom is -0.366 e. The van der Waals surface area contributed by atoms with Gasteiger partial charge in [-0.25, -0.2) is 8.42 Å². The van der Waals surface area contributed by atoms with E-state index < -0.39 is 26.3 Å². The van der Waals surface area contributed by atoms with Gasteiger partial charge in [-0.1, -0.05) is 12.1 Å². The number of carbonyl (C=O) groups is 1. The summed E-state index contributed by atoms with van der Waals surface area (Å²) in [5, 5.41) is 2.60. The molecule has 0 radical (unpaired) electrons. The predicted octanol–water partition coefficient (Wildman–Crippen LogP) is 0.522. The van der Waals surface area contributed by atoms with E-state index in [4.69, 9.17) is 0 Å². The Morgan fingerprint density at radius 2 is 1.86 bits per heavy atom. The number of rotatable bonds is 2. The summed E-state index contributed by atoms with van der Waals surface area (Å²) in [5.74, 6) is -0.454. The van der Waals surface area contributed by atoms with Gasteiger partial charge < -0.3 is 10.3 Å². The van der Waals surface area contributed by atoms with Gasteiger partial charge in [-0.15, -0.1) is 0 Å². The number of carbonyl (C=O) groups excluding carboxylic acids is 1. The van der Waals surface area contributed by atoms with E-state index >= 15 is 0 Å². The first-order valence-corrected chi connectivity index (χ1v) is 7.53. The normalized spacial score (nSPS) is 14.5. The van der Waals surface area contributed by atoms with Crippen LogP contribution < -0.4 is 15.1 Å². The van der Waals surface area contributed by atoms with Crippen molar-refractivity contribution >= 4 is 27.3 Å². The molecular formula is C13H11N3O4S. The van der Waals surface area contributed by atoms with E-state index in [0.29, 0.717) is 11.4 Å². The van der Waals surface area contributed by atoms with E-state index in [-0.39, 0.29) is 6.54 Å². The van der Waals surface area contributed by atoms with Crippen LogP contribution in [-0.4, -0.2) is 25.9 Å². The first-order chi connectivity index (χ1) is 10.00. The van der Waals surface area contributed by atoms with Crippen LogP contribution in [0.3, 0.4) is 0 Å². The van der Waals surface area contributed by atoms with Crippen LogP contribution in [-0.2, 0) is 14.8 Å². The second kappa shape index (κ2) is 4.74. The molecule has 21 heavy (non-hydrogen) atoms. The number of benzene rings is 1. The zero-order chi connectivity index (χ0) is 15.0. The Morgan fingerprint density at radius 1 is 1.10 bits per heavy atom. The lowest BCUT2D eigenvalue weighted by Crippen LogP contribution is -2.43. The molecule has 1 aliphatic rings. The van der Waals surface area contributed by atoms with Crippen LogP contribution in [0.4, 0.5) is 11.4 Å². The Kier molecular flexibility index (Phi) is 3.02. The molecule has 3 rings (SSSR count). The van der Waals surface area contributed by atoms with Gasteiger partial charge in [0.2, 0.25) is 11.3 Å². The number of aromatic amines is 1. The fourth-order valence-electron chi connectivity index (χ4n) is 2.14. The SMILES string of the molecule is O=C1CN(S(=O)(=O)c2c[nH]ccc2=O)c2ccccc2N1. The van der Waals surface area contributed by atoms with Crippen molar-refractivity contribution in [2.45, 2.75) is 4.90 Å². The van der Waals surface area contributed by atoms with Crippen LogP contribution in [0.5, 0.6) is 0 Å². The summed E-state index contributed by atoms with van der Waals surface area (Å²) < 4.78 is 26.2. The van der Waals surface area contributed by atoms with E-state index in [1.54, 1.807) is 24.3 Å². The molecule has 1 aromatic heterocycles. The number of sulfonamides is 1. The van der Waals surface area contributed by atoms with E-state index in [9.17, 15) is 18.0 Å². The molecule has 108 valence electrons. The van der Waals surface area contributed by atoms with E-state index in [0.717, 1.165) is 16.6 Å². The van der Waals surface area contributed by atoms with E-state index in [1.165, 1.54) is 6.20 Å². The first-order valence-electron chi connectivity index (χ1n) is 6.09. The highest BCUT2D eigenvalue weighted by molar-refractivity contribution is 7.92. The van der Waals surface area contributed by atoms with Crippen molar-refractivity contribution in [3.8, 4) is 0 Å². The number of amides is 1. The molecule has 0 spiro atoms. The molecular weight excluding hydrogens is 294 g/mol. The molecule has 2 aromatic rings. The van der Waals surface area contributed by atoms with Gasteiger partial charge in [0.25, 0.3) is 10.0 Å². The second-order valence-corrected chi connectivity index (χ2v) is 6.28. The Balaban J connectivity index is 2.19. The van der Waals surface area contributed by atoms with Crippen LogP contribution >= 0.6 is 0 Å². The molecule has 7 nitrogen and oxygen atoms in total. The van der Waals surface area contributed by atoms with Crippen molar-refractivity contribution in [2.24, 2.45) is 0 Å². The van der Waals surface area contributed by atoms with Crippen molar-refractivity contribution in [3.05, 3.63) is 52.9 Å². The highest BCUT2D eigenvalue weighted by Crippen LogP contribution is 2.32. The summed E-state index contributed by atoms with van der Waals surface area (Å²) in [7, 11) is -4.11. The van der Waals surface area contributed by atoms with Gasteiger partial charge >= 0.3 is 0 Å². The van der Waals surface area contributed by atoms with Gasteiger partial charge in [0.1, 0.15) is 6.54 Å². The third-order valence-corrected chi connectivity index (χ3v) is 4.87. The van der Waals surface area contributed by atoms with Crippen LogP contribution in [0.1, 0.15) is 0 Å². The molecule has 0 fully saturated rings. The Bertz CT molecular complexity index is 873. The summed E-state index contributed by atoms with van der Waals surface area (Å²) in [4.78, 5) is 25.7. The average molecular weight is 305 g/mol. The molecule has 0 bridgehead atoms. The fourth-order valence-corrected chi connectivity index (χ4v) is 3.62. The lowest BCUT2D eigenvalue weighted by molar-refractivity contribution is -0.115. The minimum atomic E-state index is -4.11. The maximum Gasteiger partial charge on any atom is 0.270 e. The summed E-state index contributed by atoms with van der Waals surface area (Å²) in [6.07, 6.45) is 2.46. The largest absolute Gasteiger partial charge is 0.366 e. The quantitative estimate of drug-likeness (QED) is 0.845. The molecule has 2 N–H and O–H groups in total. The fraction of sp³-hybridized carbons (Fsp3) is 0.0769. The van der Waals surface area contributed by atoms with Crippen LogP contribution in [0.25, 0.3) is 0 Å². The van der Waals surface area contributed by atoms with Gasteiger partial charge in [0.15, 0.2) is 4.90 Å². The number of hydrogen-bond acceptors (Lipinski definition) is 4. The Morgan fingerprint density at radius 3 is 2.62 bits per heavy atom.